The highest BCUT2D eigenvalue weighted by molar-refractivity contribution is 9.10. The zero-order valence-corrected chi connectivity index (χ0v) is 17.1. The van der Waals surface area contributed by atoms with Gasteiger partial charge >= 0.3 is 0 Å². The van der Waals surface area contributed by atoms with Crippen LogP contribution in [-0.2, 0) is 19.0 Å². The van der Waals surface area contributed by atoms with Crippen LogP contribution in [0.4, 0.5) is 0 Å². The van der Waals surface area contributed by atoms with E-state index < -0.39 is 17.9 Å². The third-order valence-electron chi connectivity index (χ3n) is 3.67. The van der Waals surface area contributed by atoms with Crippen LogP contribution in [0, 0.1) is 17.2 Å². The van der Waals surface area contributed by atoms with Crippen molar-refractivity contribution in [3.63, 3.8) is 0 Å². The third kappa shape index (κ3) is 9.25. The van der Waals surface area contributed by atoms with Crippen molar-refractivity contribution in [2.45, 2.75) is 19.4 Å². The van der Waals surface area contributed by atoms with Crippen molar-refractivity contribution in [3.05, 3.63) is 34.3 Å². The molecule has 0 aromatic heterocycles. The molecule has 1 rings (SSSR count). The van der Waals surface area contributed by atoms with Crippen molar-refractivity contribution in [2.75, 3.05) is 33.2 Å². The molecule has 0 aliphatic rings. The van der Waals surface area contributed by atoms with Crippen LogP contribution in [0.2, 0.25) is 0 Å². The Bertz CT molecular complexity index is 650. The lowest BCUT2D eigenvalue weighted by molar-refractivity contribution is -0.136. The van der Waals surface area contributed by atoms with Gasteiger partial charge in [-0.3, -0.25) is 14.8 Å². The summed E-state index contributed by atoms with van der Waals surface area (Å²) in [5, 5.41) is 20.3. The fourth-order valence-corrected chi connectivity index (χ4v) is 2.57. The number of rotatable bonds is 13. The smallest absolute Gasteiger partial charge is 0.251 e. The predicted molar refractivity (Wildman–Crippen MR) is 102 cm³/mol. The Labute approximate surface area is 172 Å². The molecule has 0 heterocycles. The monoisotopic (exact) mass is 457 g/mol. The van der Waals surface area contributed by atoms with Crippen LogP contribution in [0.5, 0.6) is 0 Å². The van der Waals surface area contributed by atoms with E-state index in [1.54, 1.807) is 29.7 Å². The Balaban J connectivity index is 2.79. The second kappa shape index (κ2) is 14.0. The van der Waals surface area contributed by atoms with Crippen LogP contribution in [0.25, 0.3) is 0 Å². The topological polar surface area (TPSA) is 130 Å². The number of hydroxylamine groups is 1. The predicted octanol–water partition coefficient (Wildman–Crippen LogP) is 1.61. The summed E-state index contributed by atoms with van der Waals surface area (Å²) in [6, 6.07) is 8.06. The highest BCUT2D eigenvalue weighted by atomic mass is 79.9. The van der Waals surface area contributed by atoms with E-state index in [-0.39, 0.29) is 38.9 Å². The fourth-order valence-electron chi connectivity index (χ4n) is 2.30. The van der Waals surface area contributed by atoms with Gasteiger partial charge in [-0.05, 0) is 37.6 Å². The van der Waals surface area contributed by atoms with Crippen LogP contribution in [-0.4, -0.2) is 56.3 Å². The number of hydrogen-bond acceptors (Lipinski definition) is 7. The Morgan fingerprint density at radius 2 is 1.93 bits per heavy atom. The van der Waals surface area contributed by atoms with Gasteiger partial charge in [-0.2, -0.15) is 5.26 Å². The zero-order valence-electron chi connectivity index (χ0n) is 15.5. The third-order valence-corrected chi connectivity index (χ3v) is 4.20. The highest BCUT2D eigenvalue weighted by Gasteiger charge is 2.25. The molecule has 0 bridgehead atoms. The summed E-state index contributed by atoms with van der Waals surface area (Å²) in [5.74, 6) is -1.80. The van der Waals surface area contributed by atoms with Gasteiger partial charge in [-0.15, -0.1) is 0 Å². The number of ether oxygens (including phenoxy) is 3. The molecule has 0 fully saturated rings. The average molecular weight is 458 g/mol. The van der Waals surface area contributed by atoms with Gasteiger partial charge in [0, 0.05) is 16.6 Å². The second-order valence-corrected chi connectivity index (χ2v) is 6.66. The number of halogens is 1. The molecule has 1 aromatic rings. The molecule has 0 aliphatic carbocycles. The normalized spacial score (nSPS) is 12.6. The van der Waals surface area contributed by atoms with Gasteiger partial charge in [-0.1, -0.05) is 15.9 Å². The number of nitrogens with one attached hydrogen (secondary N) is 2. The first-order valence-corrected chi connectivity index (χ1v) is 9.41. The largest absolute Gasteiger partial charge is 0.366 e. The molecule has 1 aromatic carbocycles. The Hall–Kier alpha value is -2.03. The minimum absolute atomic E-state index is 0.0446. The number of nitriles is 1. The number of hydrogen-bond donors (Lipinski definition) is 3. The van der Waals surface area contributed by atoms with Gasteiger partial charge in [0.2, 0.25) is 5.91 Å². The van der Waals surface area contributed by atoms with Gasteiger partial charge in [0.15, 0.2) is 0 Å². The summed E-state index contributed by atoms with van der Waals surface area (Å²) in [7, 11) is 0. The molecule has 28 heavy (non-hydrogen) atoms. The lowest BCUT2D eigenvalue weighted by Gasteiger charge is -2.23. The standard InChI is InChI=1S/C18H24BrN3O6/c1-2-26-12-28-11-16(9-14(18(24)22-25)10-27-8-7-20)21-17(23)13-3-5-15(19)6-4-13/h3-6,14,16,25H,2,8-12H2,1H3,(H,21,23)(H,22,24). The maximum atomic E-state index is 12.5. The van der Waals surface area contributed by atoms with Crippen LogP contribution in [0.15, 0.2) is 28.7 Å². The highest BCUT2D eigenvalue weighted by Crippen LogP contribution is 2.13. The van der Waals surface area contributed by atoms with Crippen molar-refractivity contribution in [1.82, 2.24) is 10.8 Å². The molecule has 3 N–H and O–H groups in total. The molecule has 0 radical (unpaired) electrons. The van der Waals surface area contributed by atoms with Crippen molar-refractivity contribution in [3.8, 4) is 6.07 Å². The van der Waals surface area contributed by atoms with Gasteiger partial charge in [0.05, 0.1) is 31.2 Å². The van der Waals surface area contributed by atoms with E-state index in [2.05, 4.69) is 21.2 Å². The minimum Gasteiger partial charge on any atom is -0.366 e. The van der Waals surface area contributed by atoms with E-state index >= 15 is 0 Å². The Kier molecular flexibility index (Phi) is 12.0. The quantitative estimate of drug-likeness (QED) is 0.177. The summed E-state index contributed by atoms with van der Waals surface area (Å²) in [5.41, 5.74) is 2.03. The second-order valence-electron chi connectivity index (χ2n) is 5.74. The number of carbonyl (C=O) groups is 2. The van der Waals surface area contributed by atoms with E-state index in [1.165, 1.54) is 0 Å². The maximum Gasteiger partial charge on any atom is 0.251 e. The minimum atomic E-state index is -0.788. The average Bonchev–Trinajstić information content (AvgIpc) is 2.70. The molecule has 154 valence electrons. The molecule has 10 heteroatoms. The fraction of sp³-hybridized carbons (Fsp3) is 0.500. The number of amides is 2. The lowest BCUT2D eigenvalue weighted by Crippen LogP contribution is -2.43. The van der Waals surface area contributed by atoms with E-state index in [1.807, 2.05) is 13.0 Å². The van der Waals surface area contributed by atoms with Crippen molar-refractivity contribution in [1.29, 1.82) is 5.26 Å². The number of nitrogens with zero attached hydrogens (tertiary/aromatic N) is 1. The molecule has 2 unspecified atom stereocenters. The van der Waals surface area contributed by atoms with Crippen molar-refractivity contribution in [2.24, 2.45) is 5.92 Å². The first-order valence-electron chi connectivity index (χ1n) is 8.62. The maximum absolute atomic E-state index is 12.5. The summed E-state index contributed by atoms with van der Waals surface area (Å²) in [6.07, 6.45) is 0.131. The zero-order chi connectivity index (χ0) is 20.8. The summed E-state index contributed by atoms with van der Waals surface area (Å²) in [6.45, 7) is 2.17. The first kappa shape index (κ1) is 24.0. The lowest BCUT2D eigenvalue weighted by atomic mass is 9.99. The Morgan fingerprint density at radius 1 is 1.21 bits per heavy atom. The summed E-state index contributed by atoms with van der Waals surface area (Å²) < 4.78 is 16.5. The molecule has 0 saturated carbocycles. The molecule has 0 saturated heterocycles. The molecule has 2 atom stereocenters. The van der Waals surface area contributed by atoms with Gasteiger partial charge < -0.3 is 19.5 Å². The van der Waals surface area contributed by atoms with Gasteiger partial charge in [0.1, 0.15) is 13.4 Å². The molecule has 2 amide bonds. The van der Waals surface area contributed by atoms with E-state index in [9.17, 15) is 9.59 Å². The van der Waals surface area contributed by atoms with Gasteiger partial charge in [0.25, 0.3) is 5.91 Å². The van der Waals surface area contributed by atoms with Crippen LogP contribution in [0.1, 0.15) is 23.7 Å². The Morgan fingerprint density at radius 3 is 2.54 bits per heavy atom. The molecular formula is C18H24BrN3O6. The molecular weight excluding hydrogens is 434 g/mol. The van der Waals surface area contributed by atoms with E-state index in [4.69, 9.17) is 24.7 Å². The number of benzene rings is 1. The molecule has 9 nitrogen and oxygen atoms in total. The van der Waals surface area contributed by atoms with E-state index in [0.717, 1.165) is 4.47 Å². The SMILES string of the molecule is CCOCOCC(CC(COCC#N)C(=O)NO)NC(=O)c1ccc(Br)cc1. The molecule has 0 spiro atoms. The van der Waals surface area contributed by atoms with E-state index in [0.29, 0.717) is 12.2 Å². The van der Waals surface area contributed by atoms with Gasteiger partial charge in [-0.25, -0.2) is 5.48 Å². The van der Waals surface area contributed by atoms with Crippen LogP contribution < -0.4 is 10.8 Å². The van der Waals surface area contributed by atoms with Crippen molar-refractivity contribution < 1.29 is 29.0 Å². The number of carbonyl (C=O) groups excluding carboxylic acids is 2. The van der Waals surface area contributed by atoms with Crippen LogP contribution >= 0.6 is 15.9 Å². The van der Waals surface area contributed by atoms with Crippen LogP contribution in [0.3, 0.4) is 0 Å². The summed E-state index contributed by atoms with van der Waals surface area (Å²) >= 11 is 3.31. The molecule has 0 aliphatic heterocycles. The first-order chi connectivity index (χ1) is 13.5. The summed E-state index contributed by atoms with van der Waals surface area (Å²) in [4.78, 5) is 24.4. The van der Waals surface area contributed by atoms with Crippen molar-refractivity contribution >= 4 is 27.7 Å².